The monoisotopic (exact) mass is 258 g/mol. The van der Waals surface area contributed by atoms with Crippen molar-refractivity contribution in [2.24, 2.45) is 0 Å². The lowest BCUT2D eigenvalue weighted by Gasteiger charge is -2.06. The Labute approximate surface area is 112 Å². The molecule has 3 rings (SSSR count). The third-order valence-electron chi connectivity index (χ3n) is 3.39. The molecule has 3 heteroatoms. The molecule has 2 aromatic rings. The molecule has 0 atom stereocenters. The van der Waals surface area contributed by atoms with Gasteiger partial charge in [-0.2, -0.15) is 0 Å². The minimum atomic E-state index is 0.848. The van der Waals surface area contributed by atoms with Crippen LogP contribution in [0.3, 0.4) is 0 Å². The van der Waals surface area contributed by atoms with E-state index in [1.165, 1.54) is 52.5 Å². The molecule has 0 spiro atoms. The first-order chi connectivity index (χ1) is 8.81. The van der Waals surface area contributed by atoms with Gasteiger partial charge in [0.05, 0.1) is 12.2 Å². The first kappa shape index (κ1) is 11.7. The molecule has 1 N–H and O–H groups in total. The fourth-order valence-corrected chi connectivity index (χ4v) is 3.43. The number of benzene rings is 1. The lowest BCUT2D eigenvalue weighted by Crippen LogP contribution is -2.00. The molecule has 0 unspecified atom stereocenters. The van der Waals surface area contributed by atoms with E-state index in [1.54, 1.807) is 0 Å². The van der Waals surface area contributed by atoms with Gasteiger partial charge in [0.1, 0.15) is 5.01 Å². The van der Waals surface area contributed by atoms with Crippen molar-refractivity contribution in [3.05, 3.63) is 45.4 Å². The van der Waals surface area contributed by atoms with E-state index in [0.29, 0.717) is 0 Å². The number of hydrogen-bond acceptors (Lipinski definition) is 3. The van der Waals surface area contributed by atoms with Gasteiger partial charge in [0.2, 0.25) is 0 Å². The number of fused-ring (bicyclic) bond motifs is 1. The van der Waals surface area contributed by atoms with Crippen LogP contribution in [0.25, 0.3) is 0 Å². The average molecular weight is 258 g/mol. The topological polar surface area (TPSA) is 24.9 Å². The maximum Gasteiger partial charge on any atom is 0.112 e. The quantitative estimate of drug-likeness (QED) is 0.902. The van der Waals surface area contributed by atoms with Gasteiger partial charge in [-0.25, -0.2) is 4.98 Å². The molecule has 94 valence electrons. The Morgan fingerprint density at radius 2 is 1.94 bits per heavy atom. The number of aryl methyl sites for hydroxylation is 3. The highest BCUT2D eigenvalue weighted by Crippen LogP contribution is 2.27. The highest BCUT2D eigenvalue weighted by atomic mass is 32.1. The number of aromatic nitrogens is 1. The van der Waals surface area contributed by atoms with Crippen LogP contribution in [0, 0.1) is 6.92 Å². The van der Waals surface area contributed by atoms with Crippen LogP contribution in [0.2, 0.25) is 0 Å². The van der Waals surface area contributed by atoms with E-state index >= 15 is 0 Å². The normalized spacial score (nSPS) is 14.3. The zero-order valence-corrected chi connectivity index (χ0v) is 11.5. The number of nitrogens with zero attached hydrogens (tertiary/aromatic N) is 1. The molecule has 0 fully saturated rings. The van der Waals surface area contributed by atoms with Crippen LogP contribution in [-0.2, 0) is 19.4 Å². The number of hydrogen-bond donors (Lipinski definition) is 1. The molecule has 18 heavy (non-hydrogen) atoms. The molecule has 1 aliphatic rings. The minimum Gasteiger partial charge on any atom is -0.379 e. The fraction of sp³-hybridized carbons (Fsp3) is 0.400. The molecule has 0 saturated heterocycles. The van der Waals surface area contributed by atoms with E-state index in [-0.39, 0.29) is 0 Å². The Morgan fingerprint density at radius 3 is 2.72 bits per heavy atom. The van der Waals surface area contributed by atoms with E-state index in [2.05, 4.69) is 36.5 Å². The zero-order chi connectivity index (χ0) is 12.4. The summed E-state index contributed by atoms with van der Waals surface area (Å²) in [6.07, 6.45) is 5.05. The van der Waals surface area contributed by atoms with Crippen LogP contribution in [0.4, 0.5) is 5.69 Å². The molecule has 0 amide bonds. The molecule has 1 aromatic heterocycles. The number of anilines is 1. The van der Waals surface area contributed by atoms with Crippen molar-refractivity contribution in [2.45, 2.75) is 39.2 Å². The molecule has 0 bridgehead atoms. The SMILES string of the molecule is Cc1ccc(NCc2nc3c(s2)CCCC3)cc1. The highest BCUT2D eigenvalue weighted by Gasteiger charge is 2.14. The van der Waals surface area contributed by atoms with Gasteiger partial charge in [0.15, 0.2) is 0 Å². The maximum atomic E-state index is 4.74. The van der Waals surface area contributed by atoms with Crippen LogP contribution in [-0.4, -0.2) is 4.98 Å². The maximum absolute atomic E-state index is 4.74. The van der Waals surface area contributed by atoms with Gasteiger partial charge in [0.25, 0.3) is 0 Å². The largest absolute Gasteiger partial charge is 0.379 e. The van der Waals surface area contributed by atoms with E-state index in [0.717, 1.165) is 6.54 Å². The second kappa shape index (κ2) is 5.11. The van der Waals surface area contributed by atoms with Crippen molar-refractivity contribution in [2.75, 3.05) is 5.32 Å². The van der Waals surface area contributed by atoms with E-state index in [4.69, 9.17) is 4.98 Å². The number of thiazole rings is 1. The Bertz CT molecular complexity index is 504. The molecule has 0 radical (unpaired) electrons. The first-order valence-corrected chi connectivity index (χ1v) is 7.41. The third kappa shape index (κ3) is 2.56. The third-order valence-corrected chi connectivity index (χ3v) is 4.54. The second-order valence-corrected chi connectivity index (χ2v) is 6.07. The van der Waals surface area contributed by atoms with Gasteiger partial charge in [-0.3, -0.25) is 0 Å². The summed E-state index contributed by atoms with van der Waals surface area (Å²) in [7, 11) is 0. The van der Waals surface area contributed by atoms with Gasteiger partial charge >= 0.3 is 0 Å². The first-order valence-electron chi connectivity index (χ1n) is 6.59. The predicted octanol–water partition coefficient (Wildman–Crippen LogP) is 3.94. The standard InChI is InChI=1S/C15H18N2S/c1-11-6-8-12(9-7-11)16-10-15-17-13-4-2-3-5-14(13)18-15/h6-9,16H,2-5,10H2,1H3. The molecular weight excluding hydrogens is 240 g/mol. The molecule has 1 heterocycles. The van der Waals surface area contributed by atoms with Crippen LogP contribution in [0.1, 0.15) is 34.0 Å². The Kier molecular flexibility index (Phi) is 3.33. The summed E-state index contributed by atoms with van der Waals surface area (Å²) in [6, 6.07) is 8.52. The second-order valence-electron chi connectivity index (χ2n) is 4.90. The molecule has 0 aliphatic heterocycles. The minimum absolute atomic E-state index is 0.848. The van der Waals surface area contributed by atoms with Crippen molar-refractivity contribution in [3.8, 4) is 0 Å². The van der Waals surface area contributed by atoms with Gasteiger partial charge in [-0.05, 0) is 44.7 Å². The Balaban J connectivity index is 1.66. The van der Waals surface area contributed by atoms with E-state index in [9.17, 15) is 0 Å². The predicted molar refractivity (Wildman–Crippen MR) is 77.3 cm³/mol. The summed E-state index contributed by atoms with van der Waals surface area (Å²) in [5.41, 5.74) is 3.82. The van der Waals surface area contributed by atoms with Crippen molar-refractivity contribution < 1.29 is 0 Å². The van der Waals surface area contributed by atoms with E-state index in [1.807, 2.05) is 11.3 Å². The summed E-state index contributed by atoms with van der Waals surface area (Å²) in [5.74, 6) is 0. The summed E-state index contributed by atoms with van der Waals surface area (Å²) in [4.78, 5) is 6.26. The Morgan fingerprint density at radius 1 is 1.17 bits per heavy atom. The average Bonchev–Trinajstić information content (AvgIpc) is 2.81. The summed E-state index contributed by atoms with van der Waals surface area (Å²) >= 11 is 1.88. The number of rotatable bonds is 3. The van der Waals surface area contributed by atoms with Crippen LogP contribution in [0.5, 0.6) is 0 Å². The van der Waals surface area contributed by atoms with Crippen LogP contribution in [0.15, 0.2) is 24.3 Å². The zero-order valence-electron chi connectivity index (χ0n) is 10.7. The van der Waals surface area contributed by atoms with Crippen molar-refractivity contribution in [1.29, 1.82) is 0 Å². The highest BCUT2D eigenvalue weighted by molar-refractivity contribution is 7.11. The molecule has 2 nitrogen and oxygen atoms in total. The van der Waals surface area contributed by atoms with E-state index < -0.39 is 0 Å². The molecule has 0 saturated carbocycles. The van der Waals surface area contributed by atoms with Gasteiger partial charge in [-0.1, -0.05) is 17.7 Å². The van der Waals surface area contributed by atoms with Crippen molar-refractivity contribution >= 4 is 17.0 Å². The number of nitrogens with one attached hydrogen (secondary N) is 1. The lowest BCUT2D eigenvalue weighted by atomic mass is 10.0. The van der Waals surface area contributed by atoms with Gasteiger partial charge in [-0.15, -0.1) is 11.3 Å². The molecule has 1 aromatic carbocycles. The smallest absolute Gasteiger partial charge is 0.112 e. The molecule has 1 aliphatic carbocycles. The van der Waals surface area contributed by atoms with Crippen molar-refractivity contribution in [1.82, 2.24) is 4.98 Å². The van der Waals surface area contributed by atoms with Crippen LogP contribution >= 0.6 is 11.3 Å². The summed E-state index contributed by atoms with van der Waals surface area (Å²) in [5, 5.41) is 4.67. The van der Waals surface area contributed by atoms with Gasteiger partial charge < -0.3 is 5.32 Å². The lowest BCUT2D eigenvalue weighted by molar-refractivity contribution is 0.681. The fourth-order valence-electron chi connectivity index (χ4n) is 2.33. The van der Waals surface area contributed by atoms with Gasteiger partial charge in [0, 0.05) is 10.6 Å². The summed E-state index contributed by atoms with van der Waals surface area (Å²) < 4.78 is 0. The Hall–Kier alpha value is -1.35. The van der Waals surface area contributed by atoms with Crippen molar-refractivity contribution in [3.63, 3.8) is 0 Å². The van der Waals surface area contributed by atoms with Crippen LogP contribution < -0.4 is 5.32 Å². The molecular formula is C15H18N2S. The summed E-state index contributed by atoms with van der Waals surface area (Å²) in [6.45, 7) is 2.96.